The van der Waals surface area contributed by atoms with Gasteiger partial charge in [-0.05, 0) is 93.3 Å². The zero-order valence-corrected chi connectivity index (χ0v) is 24.7. The topological polar surface area (TPSA) is 140 Å². The molecule has 0 radical (unpaired) electrons. The Morgan fingerprint density at radius 2 is 1.68 bits per heavy atom. The van der Waals surface area contributed by atoms with Crippen LogP contribution in [0.1, 0.15) is 38.4 Å². The Morgan fingerprint density at radius 3 is 2.36 bits per heavy atom. The zero-order chi connectivity index (χ0) is 31.8. The summed E-state index contributed by atoms with van der Waals surface area (Å²) in [6.07, 6.45) is 2.54. The average Bonchev–Trinajstić information content (AvgIpc) is 3.51. The number of halogens is 2. The molecule has 44 heavy (non-hydrogen) atoms. The summed E-state index contributed by atoms with van der Waals surface area (Å²) < 4.78 is 32.7. The number of hydrogen-bond donors (Lipinski definition) is 5. The van der Waals surface area contributed by atoms with E-state index in [0.29, 0.717) is 5.69 Å². The van der Waals surface area contributed by atoms with E-state index in [9.17, 15) is 18.4 Å². The van der Waals surface area contributed by atoms with Gasteiger partial charge in [0.25, 0.3) is 11.8 Å². The zero-order valence-electron chi connectivity index (χ0n) is 24.7. The lowest BCUT2D eigenvalue weighted by Gasteiger charge is -2.22. The maximum Gasteiger partial charge on any atom is 0.272 e. The van der Waals surface area contributed by atoms with Crippen LogP contribution in [-0.4, -0.2) is 61.8 Å². The Bertz CT molecular complexity index is 1620. The maximum atomic E-state index is 13.5. The number of rotatable bonds is 12. The van der Waals surface area contributed by atoms with Crippen molar-refractivity contribution in [3.63, 3.8) is 0 Å². The number of anilines is 3. The Hall–Kier alpha value is -5.23. The van der Waals surface area contributed by atoms with Crippen molar-refractivity contribution in [1.29, 1.82) is 5.41 Å². The van der Waals surface area contributed by atoms with E-state index < -0.39 is 23.4 Å². The van der Waals surface area contributed by atoms with Crippen molar-refractivity contribution < 1.29 is 23.1 Å². The first-order valence-electron chi connectivity index (χ1n) is 13.8. The fraction of sp³-hybridized carbons (Fsp3) is 0.219. The summed E-state index contributed by atoms with van der Waals surface area (Å²) in [4.78, 5) is 33.3. The van der Waals surface area contributed by atoms with E-state index in [0.717, 1.165) is 43.4 Å². The minimum absolute atomic E-state index is 0.127. The third kappa shape index (κ3) is 8.42. The number of ether oxygens (including phenoxy) is 1. The van der Waals surface area contributed by atoms with E-state index in [1.807, 2.05) is 26.0 Å². The molecule has 10 nitrogen and oxygen atoms in total. The predicted molar refractivity (Wildman–Crippen MR) is 167 cm³/mol. The molecule has 4 rings (SSSR count). The van der Waals surface area contributed by atoms with Crippen LogP contribution in [0, 0.1) is 17.0 Å². The van der Waals surface area contributed by atoms with Crippen LogP contribution in [0.4, 0.5) is 25.8 Å². The first-order chi connectivity index (χ1) is 21.0. The molecule has 0 unspecified atom stereocenters. The lowest BCUT2D eigenvalue weighted by atomic mass is 10.1. The molecule has 0 aliphatic heterocycles. The minimum Gasteiger partial charge on any atom is -0.489 e. The Morgan fingerprint density at radius 1 is 0.932 bits per heavy atom. The van der Waals surface area contributed by atoms with Crippen molar-refractivity contribution >= 4 is 34.7 Å². The number of carbonyl (C=O) groups is 2. The highest BCUT2D eigenvalue weighted by Gasteiger charge is 2.19. The molecule has 0 bridgehead atoms. The number of nitrogen functional groups attached to an aromatic ring is 1. The molecular weight excluding hydrogens is 568 g/mol. The van der Waals surface area contributed by atoms with Crippen LogP contribution < -0.4 is 26.0 Å². The van der Waals surface area contributed by atoms with Crippen molar-refractivity contribution in [3.8, 4) is 5.75 Å². The highest BCUT2D eigenvalue weighted by atomic mass is 19.1. The van der Waals surface area contributed by atoms with Crippen LogP contribution in [0.25, 0.3) is 0 Å². The molecule has 6 N–H and O–H groups in total. The number of H-pyrrole nitrogens is 1. The largest absolute Gasteiger partial charge is 0.489 e. The first kappa shape index (κ1) is 31.7. The van der Waals surface area contributed by atoms with Crippen LogP contribution in [0.5, 0.6) is 5.75 Å². The first-order valence-corrected chi connectivity index (χ1v) is 13.8. The Labute approximate surface area is 254 Å². The third-order valence-electron chi connectivity index (χ3n) is 6.74. The molecule has 0 aliphatic rings. The lowest BCUT2D eigenvalue weighted by molar-refractivity contribution is 0.0978. The Balaban J connectivity index is 1.52. The van der Waals surface area contributed by atoms with Gasteiger partial charge >= 0.3 is 0 Å². The second-order valence-corrected chi connectivity index (χ2v) is 10.5. The number of aromatic nitrogens is 1. The van der Waals surface area contributed by atoms with Gasteiger partial charge in [-0.15, -0.1) is 0 Å². The molecule has 0 aliphatic carbocycles. The molecule has 0 atom stereocenters. The fourth-order valence-corrected chi connectivity index (χ4v) is 4.44. The normalized spacial score (nSPS) is 10.9. The number of aromatic amines is 1. The summed E-state index contributed by atoms with van der Waals surface area (Å²) in [6, 6.07) is 16.0. The summed E-state index contributed by atoms with van der Waals surface area (Å²) in [6.45, 7) is 1.53. The minimum atomic E-state index is -0.724. The van der Waals surface area contributed by atoms with Gasteiger partial charge in [0.05, 0.1) is 11.3 Å². The van der Waals surface area contributed by atoms with Crippen molar-refractivity contribution in [1.82, 2.24) is 15.2 Å². The number of nitrogens with one attached hydrogen (secondary N) is 4. The maximum absolute atomic E-state index is 13.5. The molecule has 12 heteroatoms. The number of carbonyl (C=O) groups excluding carboxylic acids is 2. The van der Waals surface area contributed by atoms with E-state index in [1.54, 1.807) is 42.6 Å². The van der Waals surface area contributed by atoms with Crippen LogP contribution in [0.3, 0.4) is 0 Å². The molecule has 2 amide bonds. The van der Waals surface area contributed by atoms with Gasteiger partial charge in [-0.2, -0.15) is 0 Å². The molecule has 230 valence electrons. The Kier molecular flexibility index (Phi) is 10.3. The number of hydrogen-bond acceptors (Lipinski definition) is 7. The molecule has 0 saturated carbocycles. The van der Waals surface area contributed by atoms with E-state index in [4.69, 9.17) is 15.9 Å². The number of amidine groups is 1. The molecule has 1 aromatic heterocycles. The molecule has 3 aromatic carbocycles. The monoisotopic (exact) mass is 603 g/mol. The molecular formula is C32H35F2N7O3. The molecule has 1 heterocycles. The average molecular weight is 604 g/mol. The van der Waals surface area contributed by atoms with Gasteiger partial charge in [-0.3, -0.25) is 15.0 Å². The summed E-state index contributed by atoms with van der Waals surface area (Å²) in [5.74, 6) is -2.55. The SMILES string of the molecule is CN(C)CCCN(C)c1ccc(C(=O)NC(=N)c2cc(OCc3cc(F)cc(F)c3)ccc2N)c(NC(=O)c2ccc[nH]2)c1. The van der Waals surface area contributed by atoms with Crippen molar-refractivity contribution in [2.24, 2.45) is 0 Å². The van der Waals surface area contributed by atoms with Gasteiger partial charge in [0.15, 0.2) is 0 Å². The van der Waals surface area contributed by atoms with E-state index >= 15 is 0 Å². The summed E-state index contributed by atoms with van der Waals surface area (Å²) in [7, 11) is 5.94. The second kappa shape index (κ2) is 14.3. The van der Waals surface area contributed by atoms with Crippen molar-refractivity contribution in [2.45, 2.75) is 13.0 Å². The highest BCUT2D eigenvalue weighted by molar-refractivity contribution is 6.16. The van der Waals surface area contributed by atoms with Crippen LogP contribution in [0.2, 0.25) is 0 Å². The number of nitrogens with zero attached hydrogens (tertiary/aromatic N) is 2. The number of benzene rings is 3. The smallest absolute Gasteiger partial charge is 0.272 e. The molecule has 0 fully saturated rings. The molecule has 0 spiro atoms. The van der Waals surface area contributed by atoms with Crippen LogP contribution in [0.15, 0.2) is 72.9 Å². The van der Waals surface area contributed by atoms with Gasteiger partial charge < -0.3 is 35.9 Å². The van der Waals surface area contributed by atoms with Gasteiger partial charge in [-0.1, -0.05) is 0 Å². The van der Waals surface area contributed by atoms with Gasteiger partial charge in [0.2, 0.25) is 0 Å². The molecule has 4 aromatic rings. The lowest BCUT2D eigenvalue weighted by Crippen LogP contribution is -2.32. The van der Waals surface area contributed by atoms with Crippen LogP contribution >= 0.6 is 0 Å². The quantitative estimate of drug-likeness (QED) is 0.0892. The summed E-state index contributed by atoms with van der Waals surface area (Å²) in [5, 5.41) is 13.9. The third-order valence-corrected chi connectivity index (χ3v) is 6.74. The summed E-state index contributed by atoms with van der Waals surface area (Å²) in [5.41, 5.74) is 8.28. The standard InChI is InChI=1S/C32H35F2N7O3/c1-40(2)12-5-13-41(3)23-7-9-25(29(17-23)38-32(43)28-6-4-11-37-28)31(42)39-30(36)26-18-24(8-10-27(26)35)44-19-20-14-21(33)16-22(34)15-20/h4,6-11,14-18,37H,5,12-13,19,35H2,1-3H3,(H,38,43)(H2,36,39,42). The van der Waals surface area contributed by atoms with Gasteiger partial charge in [-0.25, -0.2) is 8.78 Å². The number of nitrogens with two attached hydrogens (primary N) is 1. The second-order valence-electron chi connectivity index (χ2n) is 10.5. The van der Waals surface area contributed by atoms with Crippen molar-refractivity contribution in [3.05, 3.63) is 107 Å². The van der Waals surface area contributed by atoms with Gasteiger partial charge in [0, 0.05) is 42.8 Å². The summed E-state index contributed by atoms with van der Waals surface area (Å²) >= 11 is 0. The van der Waals surface area contributed by atoms with Crippen LogP contribution in [-0.2, 0) is 6.61 Å². The fourth-order valence-electron chi connectivity index (χ4n) is 4.44. The highest BCUT2D eigenvalue weighted by Crippen LogP contribution is 2.26. The van der Waals surface area contributed by atoms with E-state index in [1.165, 1.54) is 12.1 Å². The number of amides is 2. The van der Waals surface area contributed by atoms with E-state index in [-0.39, 0.29) is 46.3 Å². The predicted octanol–water partition coefficient (Wildman–Crippen LogP) is 4.85. The van der Waals surface area contributed by atoms with Gasteiger partial charge in [0.1, 0.15) is 35.5 Å². The van der Waals surface area contributed by atoms with E-state index in [2.05, 4.69) is 20.5 Å². The van der Waals surface area contributed by atoms with Crippen molar-refractivity contribution in [2.75, 3.05) is 50.2 Å². The molecule has 0 saturated heterocycles.